The average molecular weight is 298 g/mol. The summed E-state index contributed by atoms with van der Waals surface area (Å²) < 4.78 is 7.68. The number of thiophene rings is 1. The van der Waals surface area contributed by atoms with Crippen LogP contribution in [0.3, 0.4) is 0 Å². The van der Waals surface area contributed by atoms with Gasteiger partial charge in [0.2, 0.25) is 0 Å². The molecule has 0 aliphatic heterocycles. The fourth-order valence-electron chi connectivity index (χ4n) is 2.55. The van der Waals surface area contributed by atoms with Crippen molar-refractivity contribution < 1.29 is 4.74 Å². The number of ether oxygens (including phenoxy) is 1. The molecule has 3 rings (SSSR count). The Bertz CT molecular complexity index is 703. The normalized spacial score (nSPS) is 12.3. The molecule has 0 aliphatic carbocycles. The Labute approximate surface area is 128 Å². The van der Waals surface area contributed by atoms with E-state index in [1.165, 1.54) is 5.56 Å². The van der Waals surface area contributed by atoms with Gasteiger partial charge < -0.3 is 9.30 Å². The van der Waals surface area contributed by atoms with Crippen molar-refractivity contribution in [2.24, 2.45) is 0 Å². The van der Waals surface area contributed by atoms with E-state index < -0.39 is 0 Å². The SMILES string of the molecule is COc1ccccc1-c1nccn1[C@@H](C)Cc1ccsc1. The van der Waals surface area contributed by atoms with Gasteiger partial charge in [0.25, 0.3) is 0 Å². The van der Waals surface area contributed by atoms with Gasteiger partial charge in [0, 0.05) is 18.4 Å². The molecule has 0 fully saturated rings. The molecule has 0 bridgehead atoms. The number of rotatable bonds is 5. The predicted molar refractivity (Wildman–Crippen MR) is 86.9 cm³/mol. The van der Waals surface area contributed by atoms with Crippen molar-refractivity contribution in [1.29, 1.82) is 0 Å². The molecule has 0 spiro atoms. The van der Waals surface area contributed by atoms with Crippen LogP contribution in [0.4, 0.5) is 0 Å². The molecule has 4 heteroatoms. The number of imidazole rings is 1. The first-order valence-electron chi connectivity index (χ1n) is 6.97. The smallest absolute Gasteiger partial charge is 0.143 e. The Hall–Kier alpha value is -2.07. The lowest BCUT2D eigenvalue weighted by Gasteiger charge is -2.17. The van der Waals surface area contributed by atoms with Gasteiger partial charge in [-0.3, -0.25) is 0 Å². The summed E-state index contributed by atoms with van der Waals surface area (Å²) in [5.74, 6) is 1.81. The minimum Gasteiger partial charge on any atom is -0.496 e. The number of hydrogen-bond donors (Lipinski definition) is 0. The molecule has 0 N–H and O–H groups in total. The third-order valence-electron chi connectivity index (χ3n) is 3.60. The highest BCUT2D eigenvalue weighted by molar-refractivity contribution is 7.07. The fourth-order valence-corrected chi connectivity index (χ4v) is 3.24. The summed E-state index contributed by atoms with van der Waals surface area (Å²) in [5, 5.41) is 4.33. The number of hydrogen-bond acceptors (Lipinski definition) is 3. The van der Waals surface area contributed by atoms with E-state index in [0.29, 0.717) is 6.04 Å². The number of nitrogens with zero attached hydrogens (tertiary/aromatic N) is 2. The molecule has 0 radical (unpaired) electrons. The standard InChI is InChI=1S/C17H18N2OS/c1-13(11-14-7-10-21-12-14)19-9-8-18-17(19)15-5-3-4-6-16(15)20-2/h3-10,12-13H,11H2,1-2H3/t13-/m0/s1. The lowest BCUT2D eigenvalue weighted by molar-refractivity contribution is 0.415. The van der Waals surface area contributed by atoms with Crippen LogP contribution in [0.5, 0.6) is 5.75 Å². The maximum absolute atomic E-state index is 5.46. The van der Waals surface area contributed by atoms with E-state index in [2.05, 4.69) is 39.4 Å². The molecule has 0 amide bonds. The van der Waals surface area contributed by atoms with Crippen LogP contribution in [0.15, 0.2) is 53.5 Å². The van der Waals surface area contributed by atoms with Gasteiger partial charge in [-0.25, -0.2) is 4.98 Å². The van der Waals surface area contributed by atoms with Crippen LogP contribution in [-0.4, -0.2) is 16.7 Å². The van der Waals surface area contributed by atoms with Gasteiger partial charge in [0.1, 0.15) is 11.6 Å². The molecular formula is C17H18N2OS. The second-order valence-electron chi connectivity index (χ2n) is 5.04. The van der Waals surface area contributed by atoms with Crippen LogP contribution in [-0.2, 0) is 6.42 Å². The third-order valence-corrected chi connectivity index (χ3v) is 4.33. The summed E-state index contributed by atoms with van der Waals surface area (Å²) in [6, 6.07) is 10.5. The summed E-state index contributed by atoms with van der Waals surface area (Å²) in [6.45, 7) is 2.22. The largest absolute Gasteiger partial charge is 0.496 e. The van der Waals surface area contributed by atoms with Crippen molar-refractivity contribution in [3.8, 4) is 17.1 Å². The highest BCUT2D eigenvalue weighted by Crippen LogP contribution is 2.30. The zero-order valence-electron chi connectivity index (χ0n) is 12.2. The van der Waals surface area contributed by atoms with Crippen LogP contribution in [0.1, 0.15) is 18.5 Å². The first-order chi connectivity index (χ1) is 10.3. The Morgan fingerprint density at radius 2 is 2.14 bits per heavy atom. The number of methoxy groups -OCH3 is 1. The van der Waals surface area contributed by atoms with Crippen molar-refractivity contribution in [1.82, 2.24) is 9.55 Å². The number of para-hydroxylation sites is 1. The third kappa shape index (κ3) is 2.85. The molecule has 0 unspecified atom stereocenters. The van der Waals surface area contributed by atoms with Gasteiger partial charge in [-0.1, -0.05) is 12.1 Å². The minimum absolute atomic E-state index is 0.349. The van der Waals surface area contributed by atoms with Crippen LogP contribution >= 0.6 is 11.3 Å². The molecule has 108 valence electrons. The second kappa shape index (κ2) is 6.14. The van der Waals surface area contributed by atoms with Crippen molar-refractivity contribution in [3.05, 3.63) is 59.0 Å². The van der Waals surface area contributed by atoms with Gasteiger partial charge in [-0.05, 0) is 47.9 Å². The monoisotopic (exact) mass is 298 g/mol. The van der Waals surface area contributed by atoms with Gasteiger partial charge in [-0.2, -0.15) is 11.3 Å². The van der Waals surface area contributed by atoms with Crippen LogP contribution in [0.25, 0.3) is 11.4 Å². The van der Waals surface area contributed by atoms with E-state index in [9.17, 15) is 0 Å². The molecule has 1 aromatic carbocycles. The number of benzene rings is 1. The molecule has 3 nitrogen and oxygen atoms in total. The van der Waals surface area contributed by atoms with Crippen LogP contribution in [0.2, 0.25) is 0 Å². The Morgan fingerprint density at radius 3 is 2.90 bits per heavy atom. The maximum Gasteiger partial charge on any atom is 0.143 e. The highest BCUT2D eigenvalue weighted by Gasteiger charge is 2.15. The van der Waals surface area contributed by atoms with Crippen LogP contribution < -0.4 is 4.74 Å². The summed E-state index contributed by atoms with van der Waals surface area (Å²) in [7, 11) is 1.70. The lowest BCUT2D eigenvalue weighted by Crippen LogP contribution is -2.09. The van der Waals surface area contributed by atoms with E-state index in [0.717, 1.165) is 23.6 Å². The van der Waals surface area contributed by atoms with E-state index in [-0.39, 0.29) is 0 Å². The molecule has 0 saturated carbocycles. The predicted octanol–water partition coefficient (Wildman–Crippen LogP) is 4.42. The van der Waals surface area contributed by atoms with Gasteiger partial charge in [0.15, 0.2) is 0 Å². The number of aromatic nitrogens is 2. The molecule has 1 atom stereocenters. The molecule has 0 aliphatic rings. The zero-order chi connectivity index (χ0) is 14.7. The quantitative estimate of drug-likeness (QED) is 0.697. The van der Waals surface area contributed by atoms with Gasteiger partial charge in [0.05, 0.1) is 12.7 Å². The van der Waals surface area contributed by atoms with E-state index in [4.69, 9.17) is 4.74 Å². The van der Waals surface area contributed by atoms with Crippen LogP contribution in [0, 0.1) is 0 Å². The van der Waals surface area contributed by atoms with E-state index in [1.54, 1.807) is 18.4 Å². The highest BCUT2D eigenvalue weighted by atomic mass is 32.1. The maximum atomic E-state index is 5.46. The van der Waals surface area contributed by atoms with Gasteiger partial charge >= 0.3 is 0 Å². The minimum atomic E-state index is 0.349. The lowest BCUT2D eigenvalue weighted by atomic mass is 10.1. The summed E-state index contributed by atoms with van der Waals surface area (Å²) in [6.07, 6.45) is 4.90. The summed E-state index contributed by atoms with van der Waals surface area (Å²) in [5.41, 5.74) is 2.40. The average Bonchev–Trinajstić information content (AvgIpc) is 3.18. The summed E-state index contributed by atoms with van der Waals surface area (Å²) in [4.78, 5) is 4.53. The van der Waals surface area contributed by atoms with Crippen molar-refractivity contribution in [3.63, 3.8) is 0 Å². The van der Waals surface area contributed by atoms with E-state index >= 15 is 0 Å². The van der Waals surface area contributed by atoms with Gasteiger partial charge in [-0.15, -0.1) is 0 Å². The Balaban J connectivity index is 1.93. The van der Waals surface area contributed by atoms with Crippen molar-refractivity contribution in [2.45, 2.75) is 19.4 Å². The van der Waals surface area contributed by atoms with Crippen molar-refractivity contribution >= 4 is 11.3 Å². The first kappa shape index (κ1) is 13.9. The molecule has 2 heterocycles. The molecule has 21 heavy (non-hydrogen) atoms. The Morgan fingerprint density at radius 1 is 1.29 bits per heavy atom. The topological polar surface area (TPSA) is 27.1 Å². The summed E-state index contributed by atoms with van der Waals surface area (Å²) >= 11 is 1.74. The van der Waals surface area contributed by atoms with E-state index in [1.807, 2.05) is 30.6 Å². The van der Waals surface area contributed by atoms with Crippen molar-refractivity contribution in [2.75, 3.05) is 7.11 Å². The molecule has 3 aromatic rings. The fraction of sp³-hybridized carbons (Fsp3) is 0.235. The Kier molecular flexibility index (Phi) is 4.06. The first-order valence-corrected chi connectivity index (χ1v) is 7.91. The molecule has 2 aromatic heterocycles. The molecular weight excluding hydrogens is 280 g/mol. The second-order valence-corrected chi connectivity index (χ2v) is 5.82. The zero-order valence-corrected chi connectivity index (χ0v) is 13.0. The molecule has 0 saturated heterocycles.